The molecule has 1 atom stereocenters. The van der Waals surface area contributed by atoms with Gasteiger partial charge in [0.1, 0.15) is 0 Å². The minimum Gasteiger partial charge on any atom is -0.384 e. The summed E-state index contributed by atoms with van der Waals surface area (Å²) >= 11 is 1.78. The van der Waals surface area contributed by atoms with Gasteiger partial charge >= 0.3 is 0 Å². The Morgan fingerprint density at radius 2 is 1.72 bits per heavy atom. The standard InChI is InChI=1S/C27H36N4S/c1-21(31-17-3-2-4-18-31)22-8-10-23(11-9-22)25-20-26(27-24(29-25)12-19-32-27)28-13-7-16-30-14-5-6-15-30/h8-12,19-21H,2-7,13-18H2,1H3,(H,28,29). The molecular formula is C27H36N4S. The van der Waals surface area contributed by atoms with Crippen molar-refractivity contribution >= 4 is 27.2 Å². The molecule has 5 heteroatoms. The Morgan fingerprint density at radius 1 is 0.969 bits per heavy atom. The Kier molecular flexibility index (Phi) is 7.06. The molecule has 1 aromatic carbocycles. The fourth-order valence-corrected chi connectivity index (χ4v) is 6.04. The molecule has 0 spiro atoms. The van der Waals surface area contributed by atoms with E-state index in [1.165, 1.54) is 92.8 Å². The van der Waals surface area contributed by atoms with Gasteiger partial charge in [0, 0.05) is 18.2 Å². The lowest BCUT2D eigenvalue weighted by Gasteiger charge is -2.32. The fraction of sp³-hybridized carbons (Fsp3) is 0.519. The lowest BCUT2D eigenvalue weighted by molar-refractivity contribution is 0.175. The van der Waals surface area contributed by atoms with Gasteiger partial charge in [-0.05, 0) is 94.8 Å². The van der Waals surface area contributed by atoms with Gasteiger partial charge in [-0.15, -0.1) is 11.3 Å². The van der Waals surface area contributed by atoms with E-state index < -0.39 is 0 Å². The summed E-state index contributed by atoms with van der Waals surface area (Å²) < 4.78 is 1.27. The molecule has 4 heterocycles. The molecule has 0 amide bonds. The molecule has 0 bridgehead atoms. The zero-order valence-corrected chi connectivity index (χ0v) is 20.2. The number of benzene rings is 1. The number of piperidine rings is 1. The maximum absolute atomic E-state index is 4.97. The first kappa shape index (κ1) is 21.9. The smallest absolute Gasteiger partial charge is 0.0838 e. The molecule has 2 aromatic heterocycles. The number of aromatic nitrogens is 1. The Labute approximate surface area is 196 Å². The van der Waals surface area contributed by atoms with E-state index in [2.05, 4.69) is 63.8 Å². The predicted octanol–water partition coefficient (Wildman–Crippen LogP) is 6.41. The second kappa shape index (κ2) is 10.3. The maximum atomic E-state index is 4.97. The molecule has 4 nitrogen and oxygen atoms in total. The summed E-state index contributed by atoms with van der Waals surface area (Å²) in [6.45, 7) is 9.58. The highest BCUT2D eigenvalue weighted by Crippen LogP contribution is 2.33. The largest absolute Gasteiger partial charge is 0.384 e. The molecule has 0 aliphatic carbocycles. The quantitative estimate of drug-likeness (QED) is 0.404. The SMILES string of the molecule is CC(c1ccc(-c2cc(NCCCN3CCCC3)c3sccc3n2)cc1)N1CCCCC1. The van der Waals surface area contributed by atoms with Crippen molar-refractivity contribution in [1.29, 1.82) is 0 Å². The third-order valence-electron chi connectivity index (χ3n) is 7.20. The Morgan fingerprint density at radius 3 is 2.50 bits per heavy atom. The van der Waals surface area contributed by atoms with Crippen LogP contribution in [0.25, 0.3) is 21.5 Å². The molecule has 5 rings (SSSR count). The molecule has 170 valence electrons. The van der Waals surface area contributed by atoms with Gasteiger partial charge in [-0.3, -0.25) is 4.90 Å². The van der Waals surface area contributed by atoms with E-state index in [1.54, 1.807) is 11.3 Å². The number of thiophene rings is 1. The number of likely N-dealkylation sites (tertiary alicyclic amines) is 2. The fourth-order valence-electron chi connectivity index (χ4n) is 5.22. The average molecular weight is 449 g/mol. The van der Waals surface area contributed by atoms with E-state index in [0.29, 0.717) is 6.04 Å². The van der Waals surface area contributed by atoms with Gasteiger partial charge < -0.3 is 10.2 Å². The van der Waals surface area contributed by atoms with Crippen LogP contribution < -0.4 is 5.32 Å². The van der Waals surface area contributed by atoms with Crippen LogP contribution in [-0.4, -0.2) is 54.1 Å². The number of fused-ring (bicyclic) bond motifs is 1. The van der Waals surface area contributed by atoms with Crippen molar-refractivity contribution < 1.29 is 0 Å². The van der Waals surface area contributed by atoms with Gasteiger partial charge in [0.05, 0.1) is 21.6 Å². The van der Waals surface area contributed by atoms with Crippen LogP contribution in [0.3, 0.4) is 0 Å². The molecule has 0 radical (unpaired) electrons. The molecule has 2 aliphatic heterocycles. The lowest BCUT2D eigenvalue weighted by atomic mass is 10.0. The third-order valence-corrected chi connectivity index (χ3v) is 8.14. The van der Waals surface area contributed by atoms with E-state index in [-0.39, 0.29) is 0 Å². The highest BCUT2D eigenvalue weighted by atomic mass is 32.1. The van der Waals surface area contributed by atoms with Crippen LogP contribution in [0.2, 0.25) is 0 Å². The van der Waals surface area contributed by atoms with Crippen molar-refractivity contribution in [3.63, 3.8) is 0 Å². The zero-order valence-electron chi connectivity index (χ0n) is 19.4. The van der Waals surface area contributed by atoms with Crippen molar-refractivity contribution in [3.05, 3.63) is 47.3 Å². The van der Waals surface area contributed by atoms with Crippen molar-refractivity contribution in [2.45, 2.75) is 51.5 Å². The van der Waals surface area contributed by atoms with Gasteiger partial charge in [0.25, 0.3) is 0 Å². The summed E-state index contributed by atoms with van der Waals surface area (Å²) in [5, 5.41) is 5.87. The molecule has 2 fully saturated rings. The summed E-state index contributed by atoms with van der Waals surface area (Å²) in [5.41, 5.74) is 6.00. The molecule has 3 aromatic rings. The number of rotatable bonds is 8. The molecule has 32 heavy (non-hydrogen) atoms. The molecule has 2 aliphatic rings. The molecule has 2 saturated heterocycles. The first-order valence-corrected chi connectivity index (χ1v) is 13.3. The lowest BCUT2D eigenvalue weighted by Crippen LogP contribution is -2.32. The van der Waals surface area contributed by atoms with Gasteiger partial charge in [-0.2, -0.15) is 0 Å². The second-order valence-electron chi connectivity index (χ2n) is 9.41. The van der Waals surface area contributed by atoms with Gasteiger partial charge in [-0.25, -0.2) is 4.98 Å². The van der Waals surface area contributed by atoms with Gasteiger partial charge in [-0.1, -0.05) is 30.7 Å². The highest BCUT2D eigenvalue weighted by Gasteiger charge is 2.18. The van der Waals surface area contributed by atoms with Crippen LogP contribution in [0.15, 0.2) is 41.8 Å². The summed E-state index contributed by atoms with van der Waals surface area (Å²) in [6.07, 6.45) is 7.97. The van der Waals surface area contributed by atoms with E-state index >= 15 is 0 Å². The highest BCUT2D eigenvalue weighted by molar-refractivity contribution is 7.17. The van der Waals surface area contributed by atoms with Crippen molar-refractivity contribution in [2.24, 2.45) is 0 Å². The Bertz CT molecular complexity index is 1000. The first-order chi connectivity index (χ1) is 15.8. The Balaban J connectivity index is 1.29. The number of anilines is 1. The zero-order chi connectivity index (χ0) is 21.8. The van der Waals surface area contributed by atoms with E-state index in [0.717, 1.165) is 17.8 Å². The molecule has 1 N–H and O–H groups in total. The summed E-state index contributed by atoms with van der Waals surface area (Å²) in [4.78, 5) is 10.2. The molecule has 1 unspecified atom stereocenters. The maximum Gasteiger partial charge on any atom is 0.0838 e. The Hall–Kier alpha value is -1.95. The number of nitrogens with one attached hydrogen (secondary N) is 1. The predicted molar refractivity (Wildman–Crippen MR) is 138 cm³/mol. The topological polar surface area (TPSA) is 31.4 Å². The number of hydrogen-bond donors (Lipinski definition) is 1. The second-order valence-corrected chi connectivity index (χ2v) is 10.3. The van der Waals surface area contributed by atoms with Crippen LogP contribution >= 0.6 is 11.3 Å². The normalized spacial score (nSPS) is 18.9. The van der Waals surface area contributed by atoms with Crippen molar-refractivity contribution in [2.75, 3.05) is 44.6 Å². The van der Waals surface area contributed by atoms with Gasteiger partial charge in [0.2, 0.25) is 0 Å². The van der Waals surface area contributed by atoms with Crippen LogP contribution in [0.5, 0.6) is 0 Å². The van der Waals surface area contributed by atoms with Crippen LogP contribution in [0.1, 0.15) is 57.1 Å². The van der Waals surface area contributed by atoms with Crippen LogP contribution in [0.4, 0.5) is 5.69 Å². The van der Waals surface area contributed by atoms with Crippen LogP contribution in [-0.2, 0) is 0 Å². The average Bonchev–Trinajstić information content (AvgIpc) is 3.54. The third kappa shape index (κ3) is 5.00. The summed E-state index contributed by atoms with van der Waals surface area (Å²) in [6, 6.07) is 14.0. The number of nitrogens with zero attached hydrogens (tertiary/aromatic N) is 3. The number of pyridine rings is 1. The van der Waals surface area contributed by atoms with Gasteiger partial charge in [0.15, 0.2) is 0 Å². The van der Waals surface area contributed by atoms with Crippen LogP contribution in [0, 0.1) is 0 Å². The minimum absolute atomic E-state index is 0.490. The van der Waals surface area contributed by atoms with Crippen molar-refractivity contribution in [3.8, 4) is 11.3 Å². The van der Waals surface area contributed by atoms with E-state index in [4.69, 9.17) is 4.98 Å². The first-order valence-electron chi connectivity index (χ1n) is 12.5. The number of hydrogen-bond acceptors (Lipinski definition) is 5. The molecular weight excluding hydrogens is 412 g/mol. The summed E-state index contributed by atoms with van der Waals surface area (Å²) in [5.74, 6) is 0. The minimum atomic E-state index is 0.490. The van der Waals surface area contributed by atoms with E-state index in [1.807, 2.05) is 0 Å². The molecule has 0 saturated carbocycles. The van der Waals surface area contributed by atoms with Crippen molar-refractivity contribution in [1.82, 2.24) is 14.8 Å². The monoisotopic (exact) mass is 448 g/mol. The van der Waals surface area contributed by atoms with E-state index in [9.17, 15) is 0 Å². The summed E-state index contributed by atoms with van der Waals surface area (Å²) in [7, 11) is 0.